The Morgan fingerprint density at radius 3 is 2.89 bits per heavy atom. The summed E-state index contributed by atoms with van der Waals surface area (Å²) in [5.74, 6) is -0.606. The van der Waals surface area contributed by atoms with Gasteiger partial charge in [0.15, 0.2) is 5.58 Å². The molecular formula is C13H14N2O3. The maximum absolute atomic E-state index is 12.0. The third-order valence-corrected chi connectivity index (χ3v) is 3.37. The van der Waals surface area contributed by atoms with Crippen LogP contribution in [0.2, 0.25) is 0 Å². The summed E-state index contributed by atoms with van der Waals surface area (Å²) in [6.45, 7) is 0. The van der Waals surface area contributed by atoms with Crippen molar-refractivity contribution in [2.45, 2.75) is 31.7 Å². The van der Waals surface area contributed by atoms with Gasteiger partial charge in [0.1, 0.15) is 0 Å². The van der Waals surface area contributed by atoms with Gasteiger partial charge in [0, 0.05) is 11.6 Å². The second kappa shape index (κ2) is 4.33. The van der Waals surface area contributed by atoms with E-state index < -0.39 is 5.76 Å². The molecule has 3 rings (SSSR count). The van der Waals surface area contributed by atoms with Crippen LogP contribution in [0.5, 0.6) is 0 Å². The maximum Gasteiger partial charge on any atom is 0.417 e. The lowest BCUT2D eigenvalue weighted by Gasteiger charge is -2.11. The Hall–Kier alpha value is -2.04. The second-order valence-corrected chi connectivity index (χ2v) is 4.68. The van der Waals surface area contributed by atoms with Crippen molar-refractivity contribution in [3.8, 4) is 0 Å². The molecule has 1 aromatic heterocycles. The topological polar surface area (TPSA) is 75.1 Å². The molecule has 5 heteroatoms. The summed E-state index contributed by atoms with van der Waals surface area (Å²) in [5.41, 5.74) is 1.55. The predicted octanol–water partition coefficient (Wildman–Crippen LogP) is 1.79. The molecule has 2 N–H and O–H groups in total. The van der Waals surface area contributed by atoms with Gasteiger partial charge in [-0.15, -0.1) is 0 Å². The zero-order chi connectivity index (χ0) is 12.5. The van der Waals surface area contributed by atoms with Crippen molar-refractivity contribution in [1.29, 1.82) is 0 Å². The summed E-state index contributed by atoms with van der Waals surface area (Å²) in [6, 6.07) is 5.26. The predicted molar refractivity (Wildman–Crippen MR) is 66.6 cm³/mol. The van der Waals surface area contributed by atoms with Gasteiger partial charge >= 0.3 is 5.76 Å². The number of oxazole rings is 1. The van der Waals surface area contributed by atoms with Gasteiger partial charge in [0.05, 0.1) is 5.52 Å². The van der Waals surface area contributed by atoms with E-state index in [1.165, 1.54) is 12.8 Å². The first-order valence-electron chi connectivity index (χ1n) is 6.16. The van der Waals surface area contributed by atoms with Crippen molar-refractivity contribution < 1.29 is 9.21 Å². The number of amides is 1. The van der Waals surface area contributed by atoms with Gasteiger partial charge in [-0.25, -0.2) is 4.79 Å². The van der Waals surface area contributed by atoms with Crippen molar-refractivity contribution >= 4 is 17.0 Å². The molecule has 0 atom stereocenters. The number of carbonyl (C=O) groups is 1. The van der Waals surface area contributed by atoms with Crippen LogP contribution in [0.1, 0.15) is 36.0 Å². The number of H-pyrrole nitrogens is 1. The second-order valence-electron chi connectivity index (χ2n) is 4.68. The van der Waals surface area contributed by atoms with E-state index in [0.29, 0.717) is 16.7 Å². The van der Waals surface area contributed by atoms with Crippen molar-refractivity contribution in [1.82, 2.24) is 10.3 Å². The van der Waals surface area contributed by atoms with E-state index in [1.54, 1.807) is 18.2 Å². The highest BCUT2D eigenvalue weighted by atomic mass is 16.4. The fraction of sp³-hybridized carbons (Fsp3) is 0.385. The number of rotatable bonds is 2. The molecule has 0 spiro atoms. The molecule has 0 unspecified atom stereocenters. The highest BCUT2D eigenvalue weighted by Crippen LogP contribution is 2.19. The lowest BCUT2D eigenvalue weighted by atomic mass is 10.1. The molecular weight excluding hydrogens is 232 g/mol. The van der Waals surface area contributed by atoms with Crippen molar-refractivity contribution in [2.75, 3.05) is 0 Å². The van der Waals surface area contributed by atoms with Gasteiger partial charge in [0.2, 0.25) is 0 Å². The molecule has 1 aromatic carbocycles. The molecule has 0 aliphatic heterocycles. The molecule has 1 fully saturated rings. The molecule has 2 aromatic rings. The number of aromatic amines is 1. The van der Waals surface area contributed by atoms with Crippen LogP contribution in [0.15, 0.2) is 27.4 Å². The fourth-order valence-corrected chi connectivity index (χ4v) is 2.43. The van der Waals surface area contributed by atoms with Crippen LogP contribution in [0.3, 0.4) is 0 Å². The zero-order valence-corrected chi connectivity index (χ0v) is 9.86. The van der Waals surface area contributed by atoms with Crippen molar-refractivity contribution in [3.63, 3.8) is 0 Å². The van der Waals surface area contributed by atoms with E-state index in [0.717, 1.165) is 12.8 Å². The van der Waals surface area contributed by atoms with Gasteiger partial charge < -0.3 is 9.73 Å². The van der Waals surface area contributed by atoms with Crippen LogP contribution in [-0.4, -0.2) is 16.9 Å². The quantitative estimate of drug-likeness (QED) is 0.848. The highest BCUT2D eigenvalue weighted by Gasteiger charge is 2.18. The van der Waals surface area contributed by atoms with Gasteiger partial charge in [-0.05, 0) is 31.0 Å². The van der Waals surface area contributed by atoms with Gasteiger partial charge in [-0.3, -0.25) is 9.78 Å². The minimum atomic E-state index is -0.502. The van der Waals surface area contributed by atoms with Crippen LogP contribution in [0, 0.1) is 0 Å². The van der Waals surface area contributed by atoms with E-state index in [1.807, 2.05) is 0 Å². The monoisotopic (exact) mass is 246 g/mol. The first-order chi connectivity index (χ1) is 8.72. The van der Waals surface area contributed by atoms with Gasteiger partial charge in [0.25, 0.3) is 5.91 Å². The summed E-state index contributed by atoms with van der Waals surface area (Å²) in [7, 11) is 0. The van der Waals surface area contributed by atoms with Crippen LogP contribution in [0.25, 0.3) is 11.1 Å². The molecule has 1 heterocycles. The number of hydrogen-bond acceptors (Lipinski definition) is 3. The summed E-state index contributed by atoms with van der Waals surface area (Å²) in [5, 5.41) is 3.00. The number of aromatic nitrogens is 1. The SMILES string of the molecule is O=C(NC1CCCC1)c1ccc2[nH]c(=O)oc2c1. The van der Waals surface area contributed by atoms with Crippen LogP contribution < -0.4 is 11.1 Å². The molecule has 94 valence electrons. The fourth-order valence-electron chi connectivity index (χ4n) is 2.43. The smallest absolute Gasteiger partial charge is 0.408 e. The number of nitrogens with one attached hydrogen (secondary N) is 2. The largest absolute Gasteiger partial charge is 0.417 e. The molecule has 1 saturated carbocycles. The third-order valence-electron chi connectivity index (χ3n) is 3.37. The average molecular weight is 246 g/mol. The van der Waals surface area contributed by atoms with Crippen LogP contribution in [-0.2, 0) is 0 Å². The first-order valence-corrected chi connectivity index (χ1v) is 6.16. The Kier molecular flexibility index (Phi) is 2.66. The minimum Gasteiger partial charge on any atom is -0.408 e. The van der Waals surface area contributed by atoms with Crippen LogP contribution in [0.4, 0.5) is 0 Å². The lowest BCUT2D eigenvalue weighted by molar-refractivity contribution is 0.0938. The summed E-state index contributed by atoms with van der Waals surface area (Å²) < 4.78 is 4.94. The van der Waals surface area contributed by atoms with Gasteiger partial charge in [-0.2, -0.15) is 0 Å². The minimum absolute atomic E-state index is 0.104. The Bertz CT molecular complexity index is 635. The lowest BCUT2D eigenvalue weighted by Crippen LogP contribution is -2.32. The van der Waals surface area contributed by atoms with E-state index in [2.05, 4.69) is 10.3 Å². The number of fused-ring (bicyclic) bond motifs is 1. The van der Waals surface area contributed by atoms with Crippen molar-refractivity contribution in [2.24, 2.45) is 0 Å². The number of hydrogen-bond donors (Lipinski definition) is 2. The van der Waals surface area contributed by atoms with E-state index in [9.17, 15) is 9.59 Å². The first kappa shape index (κ1) is 11.1. The van der Waals surface area contributed by atoms with Crippen LogP contribution >= 0.6 is 0 Å². The summed E-state index contributed by atoms with van der Waals surface area (Å²) in [4.78, 5) is 25.6. The normalized spacial score (nSPS) is 16.2. The van der Waals surface area contributed by atoms with E-state index in [4.69, 9.17) is 4.42 Å². The Balaban J connectivity index is 1.84. The molecule has 1 aliphatic carbocycles. The molecule has 0 radical (unpaired) electrons. The zero-order valence-electron chi connectivity index (χ0n) is 9.86. The van der Waals surface area contributed by atoms with Crippen molar-refractivity contribution in [3.05, 3.63) is 34.3 Å². The summed E-state index contributed by atoms with van der Waals surface area (Å²) in [6.07, 6.45) is 4.45. The molecule has 1 amide bonds. The molecule has 1 aliphatic rings. The number of carbonyl (C=O) groups excluding carboxylic acids is 1. The van der Waals surface area contributed by atoms with Gasteiger partial charge in [-0.1, -0.05) is 12.8 Å². The maximum atomic E-state index is 12.0. The Labute approximate surface area is 103 Å². The van der Waals surface area contributed by atoms with E-state index >= 15 is 0 Å². The average Bonchev–Trinajstić information content (AvgIpc) is 2.95. The standard InChI is InChI=1S/C13H14N2O3/c16-12(14-9-3-1-2-4-9)8-5-6-10-11(7-8)18-13(17)15-10/h5-7,9H,1-4H2,(H,14,16)(H,15,17). The molecule has 5 nitrogen and oxygen atoms in total. The summed E-state index contributed by atoms with van der Waals surface area (Å²) >= 11 is 0. The Morgan fingerprint density at radius 1 is 1.33 bits per heavy atom. The van der Waals surface area contributed by atoms with E-state index in [-0.39, 0.29) is 11.9 Å². The molecule has 0 saturated heterocycles. The third kappa shape index (κ3) is 2.03. The molecule has 0 bridgehead atoms. The highest BCUT2D eigenvalue weighted by molar-refractivity contribution is 5.97. The number of benzene rings is 1. The molecule has 18 heavy (non-hydrogen) atoms. The Morgan fingerprint density at radius 2 is 2.11 bits per heavy atom.